The Morgan fingerprint density at radius 1 is 1.10 bits per heavy atom. The van der Waals surface area contributed by atoms with Crippen LogP contribution in [0.4, 0.5) is 0 Å². The molecule has 0 atom stereocenters. The van der Waals surface area contributed by atoms with Crippen molar-refractivity contribution >= 4 is 11.6 Å². The third-order valence-corrected chi connectivity index (χ3v) is 6.69. The molecule has 6 nitrogen and oxygen atoms in total. The molecule has 156 valence electrons. The van der Waals surface area contributed by atoms with Crippen LogP contribution in [0.1, 0.15) is 46.9 Å². The van der Waals surface area contributed by atoms with Gasteiger partial charge in [-0.1, -0.05) is 13.0 Å². The van der Waals surface area contributed by atoms with E-state index in [0.29, 0.717) is 6.04 Å². The Kier molecular flexibility index (Phi) is 4.82. The van der Waals surface area contributed by atoms with E-state index in [1.807, 2.05) is 29.8 Å². The molecule has 0 N–H and O–H groups in total. The van der Waals surface area contributed by atoms with E-state index in [4.69, 9.17) is 5.10 Å². The smallest absolute Gasteiger partial charge is 0.254 e. The summed E-state index contributed by atoms with van der Waals surface area (Å²) in [5, 5.41) is 4.75. The van der Waals surface area contributed by atoms with Crippen molar-refractivity contribution in [3.63, 3.8) is 0 Å². The molecule has 3 aromatic rings. The third kappa shape index (κ3) is 3.29. The normalized spacial score (nSPS) is 18.2. The summed E-state index contributed by atoms with van der Waals surface area (Å²) >= 11 is 0. The lowest BCUT2D eigenvalue weighted by Crippen LogP contribution is -2.49. The highest BCUT2D eigenvalue weighted by atomic mass is 16.2. The first-order valence-corrected chi connectivity index (χ1v) is 11.0. The van der Waals surface area contributed by atoms with Crippen LogP contribution >= 0.6 is 0 Å². The van der Waals surface area contributed by atoms with Crippen molar-refractivity contribution in [1.29, 1.82) is 0 Å². The molecule has 1 saturated heterocycles. The van der Waals surface area contributed by atoms with Crippen LogP contribution in [0.25, 0.3) is 16.9 Å². The zero-order chi connectivity index (χ0) is 20.8. The fraction of sp³-hybridized carbons (Fsp3) is 0.458. The largest absolute Gasteiger partial charge is 0.335 e. The van der Waals surface area contributed by atoms with Gasteiger partial charge in [-0.25, -0.2) is 9.50 Å². The van der Waals surface area contributed by atoms with Gasteiger partial charge in [-0.15, -0.1) is 0 Å². The van der Waals surface area contributed by atoms with E-state index in [1.54, 1.807) is 0 Å². The zero-order valence-electron chi connectivity index (χ0n) is 18.1. The molecule has 2 aliphatic rings. The molecule has 0 bridgehead atoms. The maximum atomic E-state index is 13.2. The number of fused-ring (bicyclic) bond motifs is 2. The fourth-order valence-electron chi connectivity index (χ4n) is 4.95. The van der Waals surface area contributed by atoms with E-state index in [0.717, 1.165) is 84.7 Å². The highest BCUT2D eigenvalue weighted by Crippen LogP contribution is 2.29. The van der Waals surface area contributed by atoms with E-state index >= 15 is 0 Å². The first kappa shape index (κ1) is 19.2. The number of amides is 1. The summed E-state index contributed by atoms with van der Waals surface area (Å²) in [6.07, 6.45) is 5.03. The number of carbonyl (C=O) groups is 1. The van der Waals surface area contributed by atoms with Gasteiger partial charge in [0.2, 0.25) is 0 Å². The summed E-state index contributed by atoms with van der Waals surface area (Å²) in [5.74, 6) is 0.197. The predicted molar refractivity (Wildman–Crippen MR) is 118 cm³/mol. The molecule has 0 spiro atoms. The first-order chi connectivity index (χ1) is 14.5. The van der Waals surface area contributed by atoms with Gasteiger partial charge in [-0.2, -0.15) is 5.10 Å². The predicted octanol–water partition coefficient (Wildman–Crippen LogP) is 3.50. The molecule has 5 rings (SSSR count). The van der Waals surface area contributed by atoms with Crippen LogP contribution < -0.4 is 0 Å². The van der Waals surface area contributed by atoms with Crippen molar-refractivity contribution in [3.8, 4) is 11.3 Å². The van der Waals surface area contributed by atoms with Crippen molar-refractivity contribution in [2.24, 2.45) is 0 Å². The van der Waals surface area contributed by atoms with Crippen molar-refractivity contribution in [2.75, 3.05) is 26.2 Å². The van der Waals surface area contributed by atoms with Crippen LogP contribution in [0.15, 0.2) is 30.5 Å². The average Bonchev–Trinajstić information content (AvgIpc) is 3.15. The second kappa shape index (κ2) is 7.51. The molecule has 2 aliphatic heterocycles. The number of rotatable bonds is 3. The highest BCUT2D eigenvalue weighted by molar-refractivity contribution is 5.97. The Balaban J connectivity index is 1.41. The van der Waals surface area contributed by atoms with Crippen LogP contribution in [-0.4, -0.2) is 62.5 Å². The van der Waals surface area contributed by atoms with E-state index in [-0.39, 0.29) is 5.91 Å². The Hall–Kier alpha value is -2.73. The number of hydrogen-bond acceptors (Lipinski definition) is 4. The summed E-state index contributed by atoms with van der Waals surface area (Å²) in [6.45, 7) is 10.4. The number of nitrogens with zero attached hydrogens (tertiary/aromatic N) is 5. The Morgan fingerprint density at radius 3 is 2.67 bits per heavy atom. The number of piperidine rings is 1. The van der Waals surface area contributed by atoms with Gasteiger partial charge >= 0.3 is 0 Å². The number of aryl methyl sites for hydroxylation is 2. The molecule has 0 unspecified atom stereocenters. The van der Waals surface area contributed by atoms with Gasteiger partial charge in [0.25, 0.3) is 5.91 Å². The molecule has 30 heavy (non-hydrogen) atoms. The third-order valence-electron chi connectivity index (χ3n) is 6.69. The molecule has 0 aliphatic carbocycles. The van der Waals surface area contributed by atoms with Gasteiger partial charge in [0.05, 0.1) is 17.6 Å². The number of hydrogen-bond donors (Lipinski definition) is 0. The first-order valence-electron chi connectivity index (χ1n) is 11.0. The molecule has 0 saturated carbocycles. The maximum absolute atomic E-state index is 13.2. The lowest BCUT2D eigenvalue weighted by Gasteiger charge is -2.40. The van der Waals surface area contributed by atoms with Crippen LogP contribution in [0.3, 0.4) is 0 Å². The minimum Gasteiger partial charge on any atom is -0.335 e. The SMILES string of the molecule is CCN1CCC(N2CCc3cc(-c4cc(C)c5nc(C)cn5n4)ccc3C2=O)CC1. The van der Waals surface area contributed by atoms with Crippen LogP contribution in [0.2, 0.25) is 0 Å². The van der Waals surface area contributed by atoms with Crippen molar-refractivity contribution in [3.05, 3.63) is 52.8 Å². The fourth-order valence-corrected chi connectivity index (χ4v) is 4.95. The van der Waals surface area contributed by atoms with Gasteiger partial charge < -0.3 is 9.80 Å². The summed E-state index contributed by atoms with van der Waals surface area (Å²) in [6, 6.07) is 8.66. The highest BCUT2D eigenvalue weighted by Gasteiger charge is 2.32. The minimum atomic E-state index is 0.197. The topological polar surface area (TPSA) is 53.7 Å². The molecule has 1 aromatic carbocycles. The van der Waals surface area contributed by atoms with Gasteiger partial charge in [-0.3, -0.25) is 4.79 Å². The number of benzene rings is 1. The standard InChI is InChI=1S/C24H29N5O/c1-4-27-10-8-20(9-11-27)28-12-7-18-14-19(5-6-21(18)24(28)30)22-13-16(2)23-25-17(3)15-29(23)26-22/h5-6,13-15,20H,4,7-12H2,1-3H3. The average molecular weight is 404 g/mol. The Labute approximate surface area is 177 Å². The van der Waals surface area contributed by atoms with Gasteiger partial charge in [0.1, 0.15) is 0 Å². The van der Waals surface area contributed by atoms with Crippen molar-refractivity contribution in [2.45, 2.75) is 46.1 Å². The van der Waals surface area contributed by atoms with E-state index in [9.17, 15) is 4.79 Å². The molecule has 4 heterocycles. The lowest BCUT2D eigenvalue weighted by molar-refractivity contribution is 0.0558. The minimum absolute atomic E-state index is 0.197. The Bertz CT molecular complexity index is 1110. The van der Waals surface area contributed by atoms with Crippen molar-refractivity contribution in [1.82, 2.24) is 24.4 Å². The van der Waals surface area contributed by atoms with Gasteiger partial charge in [0, 0.05) is 36.8 Å². The number of carbonyl (C=O) groups excluding carboxylic acids is 1. The summed E-state index contributed by atoms with van der Waals surface area (Å²) in [7, 11) is 0. The quantitative estimate of drug-likeness (QED) is 0.672. The van der Waals surface area contributed by atoms with E-state index < -0.39 is 0 Å². The summed E-state index contributed by atoms with van der Waals surface area (Å²) < 4.78 is 1.86. The molecular weight excluding hydrogens is 374 g/mol. The second-order valence-electron chi connectivity index (χ2n) is 8.65. The number of imidazole rings is 1. The van der Waals surface area contributed by atoms with Gasteiger partial charge in [-0.05, 0) is 69.0 Å². The number of aromatic nitrogens is 3. The lowest BCUT2D eigenvalue weighted by atomic mass is 9.92. The number of likely N-dealkylation sites (tertiary alicyclic amines) is 1. The molecule has 1 fully saturated rings. The van der Waals surface area contributed by atoms with Crippen molar-refractivity contribution < 1.29 is 4.79 Å². The molecule has 2 aromatic heterocycles. The van der Waals surface area contributed by atoms with Crippen LogP contribution in [0.5, 0.6) is 0 Å². The van der Waals surface area contributed by atoms with E-state index in [2.05, 4.69) is 40.8 Å². The zero-order valence-corrected chi connectivity index (χ0v) is 18.1. The Morgan fingerprint density at radius 2 is 1.90 bits per heavy atom. The second-order valence-corrected chi connectivity index (χ2v) is 8.65. The maximum Gasteiger partial charge on any atom is 0.254 e. The summed E-state index contributed by atoms with van der Waals surface area (Å²) in [5.41, 5.74) is 6.94. The molecular formula is C24H29N5O. The molecule has 0 radical (unpaired) electrons. The van der Waals surface area contributed by atoms with Crippen LogP contribution in [-0.2, 0) is 6.42 Å². The van der Waals surface area contributed by atoms with E-state index in [1.165, 1.54) is 0 Å². The monoisotopic (exact) mass is 403 g/mol. The molecule has 1 amide bonds. The molecule has 6 heteroatoms. The van der Waals surface area contributed by atoms with Gasteiger partial charge in [0.15, 0.2) is 5.65 Å². The summed E-state index contributed by atoms with van der Waals surface area (Å²) in [4.78, 5) is 22.4. The van der Waals surface area contributed by atoms with Crippen LogP contribution in [0, 0.1) is 13.8 Å².